The number of ether oxygens (including phenoxy) is 1. The van der Waals surface area contributed by atoms with Gasteiger partial charge in [0, 0.05) is 11.1 Å². The Balaban J connectivity index is 2.18. The number of alkyl halides is 3. The van der Waals surface area contributed by atoms with Crippen LogP contribution >= 0.6 is 0 Å². The number of nitrogens with one attached hydrogen (secondary N) is 3. The van der Waals surface area contributed by atoms with Crippen LogP contribution in [0.3, 0.4) is 0 Å². The second-order valence-electron chi connectivity index (χ2n) is 10.0. The zero-order valence-corrected chi connectivity index (χ0v) is 24.1. The van der Waals surface area contributed by atoms with Gasteiger partial charge in [-0.05, 0) is 43.2 Å². The van der Waals surface area contributed by atoms with Crippen LogP contribution < -0.4 is 20.7 Å². The van der Waals surface area contributed by atoms with Gasteiger partial charge in [-0.1, -0.05) is 19.9 Å². The molecule has 0 saturated carbocycles. The number of carbonyl (C=O) groups is 6. The summed E-state index contributed by atoms with van der Waals surface area (Å²) in [5.74, 6) is -7.89. The Labute approximate surface area is 249 Å². The van der Waals surface area contributed by atoms with Crippen molar-refractivity contribution in [2.45, 2.75) is 51.9 Å². The average Bonchev–Trinajstić information content (AvgIpc) is 2.92. The molecule has 0 fully saturated rings. The third-order valence-corrected chi connectivity index (χ3v) is 6.36. The maximum absolute atomic E-state index is 14.1. The summed E-state index contributed by atoms with van der Waals surface area (Å²) in [5.41, 5.74) is -2.28. The van der Waals surface area contributed by atoms with E-state index < -0.39 is 83.6 Å². The van der Waals surface area contributed by atoms with Gasteiger partial charge in [0.2, 0.25) is 11.8 Å². The lowest BCUT2D eigenvalue weighted by atomic mass is 10.00. The maximum atomic E-state index is 14.1. The number of ketones is 2. The fourth-order valence-electron chi connectivity index (χ4n) is 4.12. The van der Waals surface area contributed by atoms with Crippen molar-refractivity contribution in [2.24, 2.45) is 5.92 Å². The highest BCUT2D eigenvalue weighted by molar-refractivity contribution is 6.01. The number of amides is 3. The van der Waals surface area contributed by atoms with Crippen molar-refractivity contribution >= 4 is 35.3 Å². The Hall–Kier alpha value is -4.82. The number of carbonyl (C=O) groups excluding carboxylic acids is 5. The van der Waals surface area contributed by atoms with E-state index in [1.807, 2.05) is 5.32 Å². The van der Waals surface area contributed by atoms with Crippen molar-refractivity contribution < 1.29 is 56.2 Å². The second kappa shape index (κ2) is 15.1. The van der Waals surface area contributed by atoms with Crippen LogP contribution in [0, 0.1) is 11.7 Å². The number of methoxy groups -OCH3 is 1. The number of hydrogen-bond donors (Lipinski definition) is 4. The molecule has 2 rings (SSSR count). The van der Waals surface area contributed by atoms with Crippen LogP contribution in [0.4, 0.5) is 17.6 Å². The highest BCUT2D eigenvalue weighted by Crippen LogP contribution is 2.33. The number of rotatable bonds is 14. The minimum atomic E-state index is -5.09. The lowest BCUT2D eigenvalue weighted by Gasteiger charge is -2.25. The zero-order valence-electron chi connectivity index (χ0n) is 24.1. The van der Waals surface area contributed by atoms with Crippen molar-refractivity contribution in [1.82, 2.24) is 16.0 Å². The molecule has 2 atom stereocenters. The van der Waals surface area contributed by atoms with E-state index >= 15 is 0 Å². The van der Waals surface area contributed by atoms with Crippen LogP contribution in [0.1, 0.15) is 59.0 Å². The Morgan fingerprint density at radius 2 is 1.66 bits per heavy atom. The number of carboxylic acids is 1. The first kappa shape index (κ1) is 35.4. The van der Waals surface area contributed by atoms with Crippen LogP contribution in [-0.4, -0.2) is 66.1 Å². The SMILES string of the molecule is COc1ccc(C(C)=O)cc1CC(=O)N[C@H](C(=O)N[C@@H](CC(=O)O)C(=O)CNC(=O)c1c(F)cccc1C(F)(F)F)C(C)C. The van der Waals surface area contributed by atoms with E-state index in [4.69, 9.17) is 4.74 Å². The number of Topliss-reactive ketones (excluding diaryl/α,β-unsaturated/α-hetero) is 2. The quantitative estimate of drug-likeness (QED) is 0.184. The Bertz CT molecular complexity index is 1440. The summed E-state index contributed by atoms with van der Waals surface area (Å²) in [4.78, 5) is 74.3. The van der Waals surface area contributed by atoms with E-state index in [1.54, 1.807) is 13.8 Å². The van der Waals surface area contributed by atoms with Gasteiger partial charge in [-0.25, -0.2) is 4.39 Å². The summed E-state index contributed by atoms with van der Waals surface area (Å²) in [6.45, 7) is 3.41. The molecule has 2 aromatic carbocycles. The average molecular weight is 626 g/mol. The third kappa shape index (κ3) is 9.61. The molecular formula is C29H31F4N3O8. The Kier molecular flexibility index (Phi) is 12.1. The van der Waals surface area contributed by atoms with Crippen molar-refractivity contribution in [3.63, 3.8) is 0 Å². The smallest absolute Gasteiger partial charge is 0.417 e. The van der Waals surface area contributed by atoms with E-state index in [9.17, 15) is 51.4 Å². The minimum absolute atomic E-state index is 0.256. The predicted molar refractivity (Wildman–Crippen MR) is 146 cm³/mol. The normalized spacial score (nSPS) is 12.6. The van der Waals surface area contributed by atoms with Crippen LogP contribution in [-0.2, 0) is 31.8 Å². The lowest BCUT2D eigenvalue weighted by Crippen LogP contribution is -2.55. The van der Waals surface area contributed by atoms with E-state index in [1.165, 1.54) is 32.2 Å². The van der Waals surface area contributed by atoms with Crippen LogP contribution in [0.5, 0.6) is 5.75 Å². The topological polar surface area (TPSA) is 168 Å². The van der Waals surface area contributed by atoms with Gasteiger partial charge in [-0.15, -0.1) is 0 Å². The number of halogens is 4. The van der Waals surface area contributed by atoms with Crippen LogP contribution in [0.15, 0.2) is 36.4 Å². The number of hydrogen-bond acceptors (Lipinski definition) is 7. The van der Waals surface area contributed by atoms with Gasteiger partial charge >= 0.3 is 12.1 Å². The Morgan fingerprint density at radius 1 is 1.00 bits per heavy atom. The summed E-state index contributed by atoms with van der Waals surface area (Å²) in [7, 11) is 1.36. The fourth-order valence-corrected chi connectivity index (χ4v) is 4.12. The number of aliphatic carboxylic acids is 1. The summed E-state index contributed by atoms with van der Waals surface area (Å²) in [6.07, 6.45) is -6.36. The van der Waals surface area contributed by atoms with Gasteiger partial charge in [-0.2, -0.15) is 13.2 Å². The minimum Gasteiger partial charge on any atom is -0.496 e. The van der Waals surface area contributed by atoms with Crippen LogP contribution in [0.25, 0.3) is 0 Å². The summed E-state index contributed by atoms with van der Waals surface area (Å²) < 4.78 is 59.2. The molecule has 2 aromatic rings. The first-order chi connectivity index (χ1) is 20.5. The summed E-state index contributed by atoms with van der Waals surface area (Å²) >= 11 is 0. The zero-order chi connectivity index (χ0) is 33.4. The molecule has 0 radical (unpaired) electrons. The van der Waals surface area contributed by atoms with E-state index in [0.717, 1.165) is 6.07 Å². The molecule has 3 amide bonds. The fraction of sp³-hybridized carbons (Fsp3) is 0.379. The standard InChI is InChI=1S/C29H31F4N3O8/c1-14(2)26(36-23(39)11-17-10-16(15(3)37)8-9-22(17)44-4)28(43)35-20(12-24(40)41)21(38)13-34-27(42)25-18(29(31,32)33)6-5-7-19(25)30/h5-10,14,20,26H,11-13H2,1-4H3,(H,34,42)(H,35,43)(H,36,39)(H,40,41)/t20-,26-/m0/s1. The summed E-state index contributed by atoms with van der Waals surface area (Å²) in [5, 5.41) is 15.8. The number of carboxylic acid groups (broad SMARTS) is 1. The van der Waals surface area contributed by atoms with Gasteiger partial charge in [-0.3, -0.25) is 28.8 Å². The van der Waals surface area contributed by atoms with E-state index in [2.05, 4.69) is 10.6 Å². The molecule has 0 unspecified atom stereocenters. The van der Waals surface area contributed by atoms with Gasteiger partial charge in [0.25, 0.3) is 5.91 Å². The van der Waals surface area contributed by atoms with Crippen molar-refractivity contribution in [2.75, 3.05) is 13.7 Å². The van der Waals surface area contributed by atoms with Crippen molar-refractivity contribution in [3.8, 4) is 5.75 Å². The van der Waals surface area contributed by atoms with Gasteiger partial charge in [0.15, 0.2) is 11.6 Å². The molecule has 0 aromatic heterocycles. The molecule has 0 aliphatic rings. The summed E-state index contributed by atoms with van der Waals surface area (Å²) in [6, 6.07) is 3.27. The van der Waals surface area contributed by atoms with E-state index in [0.29, 0.717) is 29.0 Å². The van der Waals surface area contributed by atoms with Gasteiger partial charge < -0.3 is 25.8 Å². The Morgan fingerprint density at radius 3 is 2.20 bits per heavy atom. The van der Waals surface area contributed by atoms with Gasteiger partial charge in [0.05, 0.1) is 43.7 Å². The number of benzene rings is 2. The monoisotopic (exact) mass is 625 g/mol. The van der Waals surface area contributed by atoms with E-state index in [-0.39, 0.29) is 12.2 Å². The van der Waals surface area contributed by atoms with Crippen molar-refractivity contribution in [1.29, 1.82) is 0 Å². The predicted octanol–water partition coefficient (Wildman–Crippen LogP) is 2.70. The molecule has 0 heterocycles. The molecular weight excluding hydrogens is 594 g/mol. The second-order valence-corrected chi connectivity index (χ2v) is 10.0. The largest absolute Gasteiger partial charge is 0.496 e. The molecule has 4 N–H and O–H groups in total. The molecule has 0 aliphatic heterocycles. The molecule has 44 heavy (non-hydrogen) atoms. The maximum Gasteiger partial charge on any atom is 0.417 e. The molecule has 0 aliphatic carbocycles. The first-order valence-electron chi connectivity index (χ1n) is 13.1. The lowest BCUT2D eigenvalue weighted by molar-refractivity contribution is -0.140. The third-order valence-electron chi connectivity index (χ3n) is 6.36. The molecule has 15 heteroatoms. The molecule has 238 valence electrons. The van der Waals surface area contributed by atoms with Gasteiger partial charge in [0.1, 0.15) is 17.6 Å². The first-order valence-corrected chi connectivity index (χ1v) is 13.1. The molecule has 11 nitrogen and oxygen atoms in total. The molecule has 0 bridgehead atoms. The highest BCUT2D eigenvalue weighted by atomic mass is 19.4. The van der Waals surface area contributed by atoms with Crippen molar-refractivity contribution in [3.05, 3.63) is 64.5 Å². The highest BCUT2D eigenvalue weighted by Gasteiger charge is 2.37. The molecule has 0 spiro atoms. The molecule has 0 saturated heterocycles. The van der Waals surface area contributed by atoms with Crippen LogP contribution in [0.2, 0.25) is 0 Å².